The average molecular weight is 476 g/mol. The molecule has 2 N–H and O–H groups in total. The molecular weight excluding hydrogens is 438 g/mol. The van der Waals surface area contributed by atoms with Crippen LogP contribution in [-0.2, 0) is 18.3 Å². The van der Waals surface area contributed by atoms with Gasteiger partial charge in [0.2, 0.25) is 0 Å². The van der Waals surface area contributed by atoms with Crippen LogP contribution in [0.25, 0.3) is 0 Å². The van der Waals surface area contributed by atoms with Crippen LogP contribution in [-0.4, -0.2) is 60.2 Å². The fourth-order valence-electron chi connectivity index (χ4n) is 8.30. The molecule has 5 heteroatoms. The molecule has 2 aromatic rings. The molecule has 2 bridgehead atoms. The zero-order valence-electron chi connectivity index (χ0n) is 20.7. The Kier molecular flexibility index (Phi) is 5.04. The van der Waals surface area contributed by atoms with Gasteiger partial charge in [-0.05, 0) is 80.5 Å². The molecule has 1 spiro atoms. The van der Waals surface area contributed by atoms with Crippen molar-refractivity contribution < 1.29 is 19.7 Å². The van der Waals surface area contributed by atoms with Crippen molar-refractivity contribution in [1.29, 1.82) is 0 Å². The minimum atomic E-state index is -0.717. The van der Waals surface area contributed by atoms with Crippen LogP contribution >= 0.6 is 0 Å². The van der Waals surface area contributed by atoms with Crippen molar-refractivity contribution in [3.8, 4) is 11.5 Å². The van der Waals surface area contributed by atoms with Crippen molar-refractivity contribution >= 4 is 0 Å². The van der Waals surface area contributed by atoms with Crippen molar-refractivity contribution in [3.05, 3.63) is 59.2 Å². The molecule has 5 aliphatic rings. The maximum atomic E-state index is 12.0. The van der Waals surface area contributed by atoms with Crippen molar-refractivity contribution in [2.45, 2.75) is 68.6 Å². The number of piperidine rings is 1. The summed E-state index contributed by atoms with van der Waals surface area (Å²) in [5.41, 5.74) is 3.18. The van der Waals surface area contributed by atoms with Gasteiger partial charge in [0, 0.05) is 29.0 Å². The normalized spacial score (nSPS) is 37.0. The van der Waals surface area contributed by atoms with E-state index in [1.807, 2.05) is 12.1 Å². The van der Waals surface area contributed by atoms with Gasteiger partial charge in [0.15, 0.2) is 11.5 Å². The SMILES string of the molecule is COc1ccc2c3c1OC1[C@H](O)[C@](CO)(CCc4ccccc4)CC4C(C2)N(CC2CC2)CCC341. The van der Waals surface area contributed by atoms with Crippen LogP contribution in [0, 0.1) is 17.3 Å². The Balaban J connectivity index is 1.32. The molecule has 6 atom stereocenters. The maximum absolute atomic E-state index is 12.0. The van der Waals surface area contributed by atoms with Gasteiger partial charge in [0.25, 0.3) is 0 Å². The first-order valence-electron chi connectivity index (χ1n) is 13.5. The Morgan fingerprint density at radius 2 is 1.97 bits per heavy atom. The number of benzene rings is 2. The van der Waals surface area contributed by atoms with Crippen LogP contribution in [0.3, 0.4) is 0 Å². The summed E-state index contributed by atoms with van der Waals surface area (Å²) in [7, 11) is 1.71. The average Bonchev–Trinajstić information content (AvgIpc) is 3.64. The number of rotatable bonds is 7. The van der Waals surface area contributed by atoms with Gasteiger partial charge in [-0.3, -0.25) is 4.90 Å². The highest BCUT2D eigenvalue weighted by molar-refractivity contribution is 5.61. The highest BCUT2D eigenvalue weighted by Crippen LogP contribution is 2.67. The number of hydrogen-bond acceptors (Lipinski definition) is 5. The molecule has 186 valence electrons. The lowest BCUT2D eigenvalue weighted by molar-refractivity contribution is -0.180. The van der Waals surface area contributed by atoms with E-state index in [4.69, 9.17) is 9.47 Å². The first-order valence-corrected chi connectivity index (χ1v) is 13.5. The van der Waals surface area contributed by atoms with E-state index in [1.54, 1.807) is 7.11 Å². The van der Waals surface area contributed by atoms with Crippen LogP contribution in [0.2, 0.25) is 0 Å². The predicted octanol–water partition coefficient (Wildman–Crippen LogP) is 3.73. The Hall–Kier alpha value is -2.08. The molecule has 3 fully saturated rings. The fraction of sp³-hybridized carbons (Fsp3) is 0.600. The molecule has 2 aromatic carbocycles. The molecule has 5 nitrogen and oxygen atoms in total. The van der Waals surface area contributed by atoms with Crippen LogP contribution < -0.4 is 9.47 Å². The predicted molar refractivity (Wildman–Crippen MR) is 134 cm³/mol. The second kappa shape index (κ2) is 7.96. The fourth-order valence-corrected chi connectivity index (χ4v) is 8.30. The molecule has 0 radical (unpaired) electrons. The van der Waals surface area contributed by atoms with E-state index < -0.39 is 11.5 Å². The van der Waals surface area contributed by atoms with Gasteiger partial charge in [-0.15, -0.1) is 0 Å². The topological polar surface area (TPSA) is 62.2 Å². The first-order chi connectivity index (χ1) is 17.1. The van der Waals surface area contributed by atoms with Gasteiger partial charge < -0.3 is 19.7 Å². The Bertz CT molecular complexity index is 1120. The summed E-state index contributed by atoms with van der Waals surface area (Å²) in [6.07, 6.45) is 6.16. The largest absolute Gasteiger partial charge is 0.493 e. The van der Waals surface area contributed by atoms with Gasteiger partial charge in [0.05, 0.1) is 19.8 Å². The van der Waals surface area contributed by atoms with Crippen molar-refractivity contribution in [2.24, 2.45) is 17.3 Å². The summed E-state index contributed by atoms with van der Waals surface area (Å²) in [5.74, 6) is 2.84. The van der Waals surface area contributed by atoms with Crippen LogP contribution in [0.5, 0.6) is 11.5 Å². The monoisotopic (exact) mass is 475 g/mol. The minimum Gasteiger partial charge on any atom is -0.493 e. The molecular formula is C30H37NO4. The maximum Gasteiger partial charge on any atom is 0.165 e. The number of nitrogens with zero attached hydrogens (tertiary/aromatic N) is 1. The third kappa shape index (κ3) is 3.11. The van der Waals surface area contributed by atoms with E-state index in [1.165, 1.54) is 36.1 Å². The van der Waals surface area contributed by atoms with E-state index in [9.17, 15) is 10.2 Å². The molecule has 2 saturated carbocycles. The summed E-state index contributed by atoms with van der Waals surface area (Å²) in [4.78, 5) is 2.76. The number of ether oxygens (including phenoxy) is 2. The van der Waals surface area contributed by atoms with E-state index >= 15 is 0 Å². The number of methoxy groups -OCH3 is 1. The molecule has 1 saturated heterocycles. The zero-order chi connectivity index (χ0) is 23.8. The first kappa shape index (κ1) is 22.1. The van der Waals surface area contributed by atoms with E-state index in [0.29, 0.717) is 12.0 Å². The lowest BCUT2D eigenvalue weighted by Gasteiger charge is -2.63. The number of likely N-dealkylation sites (tertiary alicyclic amines) is 1. The Morgan fingerprint density at radius 1 is 1.14 bits per heavy atom. The molecule has 0 amide bonds. The van der Waals surface area contributed by atoms with Crippen molar-refractivity contribution in [3.63, 3.8) is 0 Å². The molecule has 3 aliphatic carbocycles. The van der Waals surface area contributed by atoms with E-state index in [0.717, 1.165) is 56.1 Å². The summed E-state index contributed by atoms with van der Waals surface area (Å²) < 4.78 is 12.5. The Morgan fingerprint density at radius 3 is 2.71 bits per heavy atom. The van der Waals surface area contributed by atoms with E-state index in [2.05, 4.69) is 35.2 Å². The van der Waals surface area contributed by atoms with Gasteiger partial charge in [-0.1, -0.05) is 36.4 Å². The highest BCUT2D eigenvalue weighted by atomic mass is 16.5. The summed E-state index contributed by atoms with van der Waals surface area (Å²) in [6, 6.07) is 15.2. The number of hydrogen-bond donors (Lipinski definition) is 2. The van der Waals surface area contributed by atoms with Crippen molar-refractivity contribution in [1.82, 2.24) is 4.90 Å². The minimum absolute atomic E-state index is 0.0108. The molecule has 2 aliphatic heterocycles. The quantitative estimate of drug-likeness (QED) is 0.639. The van der Waals surface area contributed by atoms with Crippen molar-refractivity contribution in [2.75, 3.05) is 26.8 Å². The van der Waals surface area contributed by atoms with Gasteiger partial charge in [0.1, 0.15) is 6.10 Å². The number of aliphatic hydroxyl groups excluding tert-OH is 2. The third-order valence-corrected chi connectivity index (χ3v) is 10.3. The molecule has 0 aromatic heterocycles. The lowest BCUT2D eigenvalue weighted by Crippen LogP contribution is -2.71. The number of aliphatic hydroxyl groups is 2. The molecule has 35 heavy (non-hydrogen) atoms. The third-order valence-electron chi connectivity index (χ3n) is 10.3. The summed E-state index contributed by atoms with van der Waals surface area (Å²) in [5, 5.41) is 22.9. The van der Waals surface area contributed by atoms with Crippen LogP contribution in [0.1, 0.15) is 48.8 Å². The van der Waals surface area contributed by atoms with Crippen LogP contribution in [0.4, 0.5) is 0 Å². The van der Waals surface area contributed by atoms with Gasteiger partial charge in [-0.2, -0.15) is 0 Å². The standard InChI is InChI=1S/C30H37NO4/c1-34-24-10-9-21-15-23-22-16-29(18-32,12-11-19-5-3-2-4-6-19)27(33)28-30(22,25(21)26(24)35-28)13-14-31(23)17-20-7-8-20/h2-6,9-10,20,22-23,27-28,32-33H,7-8,11-18H2,1H3/t22?,23?,27-,28?,29+,30?/m0/s1. The second-order valence-electron chi connectivity index (χ2n) is 11.9. The van der Waals surface area contributed by atoms with E-state index in [-0.39, 0.29) is 18.1 Å². The summed E-state index contributed by atoms with van der Waals surface area (Å²) >= 11 is 0. The molecule has 4 unspecified atom stereocenters. The highest BCUT2D eigenvalue weighted by Gasteiger charge is 2.70. The lowest BCUT2D eigenvalue weighted by atomic mass is 9.46. The zero-order valence-corrected chi connectivity index (χ0v) is 20.7. The van der Waals surface area contributed by atoms with Crippen LogP contribution in [0.15, 0.2) is 42.5 Å². The Labute approximate surface area is 208 Å². The smallest absolute Gasteiger partial charge is 0.165 e. The second-order valence-corrected chi connectivity index (χ2v) is 11.9. The summed E-state index contributed by atoms with van der Waals surface area (Å²) in [6.45, 7) is 2.25. The number of aryl methyl sites for hydroxylation is 1. The van der Waals surface area contributed by atoms with Gasteiger partial charge >= 0.3 is 0 Å². The molecule has 2 heterocycles. The molecule has 7 rings (SSSR count). The van der Waals surface area contributed by atoms with Gasteiger partial charge in [-0.25, -0.2) is 0 Å².